The van der Waals surface area contributed by atoms with Crippen molar-refractivity contribution in [2.45, 2.75) is 6.92 Å². The Morgan fingerprint density at radius 1 is 1.44 bits per heavy atom. The van der Waals surface area contributed by atoms with Gasteiger partial charge < -0.3 is 4.74 Å². The summed E-state index contributed by atoms with van der Waals surface area (Å²) in [5.41, 5.74) is 0.926. The van der Waals surface area contributed by atoms with Crippen molar-refractivity contribution in [1.29, 1.82) is 0 Å². The summed E-state index contributed by atoms with van der Waals surface area (Å²) < 4.78 is 29.2. The van der Waals surface area contributed by atoms with Crippen LogP contribution in [0, 0.1) is 6.92 Å². The second kappa shape index (κ2) is 5.52. The van der Waals surface area contributed by atoms with E-state index in [0.717, 1.165) is 11.8 Å². The van der Waals surface area contributed by atoms with E-state index >= 15 is 0 Å². The molecule has 4 nitrogen and oxygen atoms in total. The van der Waals surface area contributed by atoms with Crippen LogP contribution in [0.3, 0.4) is 0 Å². The lowest BCUT2D eigenvalue weighted by Gasteiger charge is -2.07. The Balaban J connectivity index is 2.41. The van der Waals surface area contributed by atoms with Gasteiger partial charge in [0, 0.05) is 11.6 Å². The summed E-state index contributed by atoms with van der Waals surface area (Å²) in [6.07, 6.45) is 1.11. The third kappa shape index (κ3) is 4.83. The fraction of sp³-hybridized carbons (Fsp3) is 0.400. The number of ether oxygens (including phenoxy) is 1. The van der Waals surface area contributed by atoms with Crippen molar-refractivity contribution in [3.63, 3.8) is 0 Å². The lowest BCUT2D eigenvalue weighted by atomic mass is 10.2. The number of hydrogen-bond acceptors (Lipinski definition) is 3. The van der Waals surface area contributed by atoms with Crippen LogP contribution < -0.4 is 9.46 Å². The molecule has 1 aromatic rings. The molecule has 0 bridgehead atoms. The van der Waals surface area contributed by atoms with Gasteiger partial charge in [0.25, 0.3) is 0 Å². The standard InChI is InChI=1S/C10H14ClNO3S/c1-8-7-9(3-4-10(8)11)15-6-5-12-16(2,13)14/h3-4,7,12H,5-6H2,1-2H3. The summed E-state index contributed by atoms with van der Waals surface area (Å²) in [7, 11) is -3.14. The highest BCUT2D eigenvalue weighted by molar-refractivity contribution is 7.88. The van der Waals surface area contributed by atoms with E-state index in [0.29, 0.717) is 10.8 Å². The Hall–Kier alpha value is -0.780. The van der Waals surface area contributed by atoms with E-state index in [1.165, 1.54) is 0 Å². The molecule has 0 amide bonds. The molecule has 0 aromatic heterocycles. The summed E-state index contributed by atoms with van der Waals surface area (Å²) in [6, 6.07) is 5.30. The molecule has 1 N–H and O–H groups in total. The van der Waals surface area contributed by atoms with Gasteiger partial charge in [0.2, 0.25) is 10.0 Å². The normalized spacial score (nSPS) is 11.4. The second-order valence-corrected chi connectivity index (χ2v) is 5.67. The molecule has 0 fully saturated rings. The molecule has 90 valence electrons. The Bertz CT molecular complexity index is 459. The van der Waals surface area contributed by atoms with Gasteiger partial charge >= 0.3 is 0 Å². The first kappa shape index (κ1) is 13.3. The minimum absolute atomic E-state index is 0.251. The Morgan fingerprint density at radius 3 is 2.69 bits per heavy atom. The highest BCUT2D eigenvalue weighted by atomic mass is 35.5. The monoisotopic (exact) mass is 263 g/mol. The van der Waals surface area contributed by atoms with Crippen molar-refractivity contribution >= 4 is 21.6 Å². The smallest absolute Gasteiger partial charge is 0.208 e. The average Bonchev–Trinajstić information content (AvgIpc) is 2.17. The van der Waals surface area contributed by atoms with Crippen LogP contribution in [0.5, 0.6) is 5.75 Å². The molecule has 0 saturated heterocycles. The van der Waals surface area contributed by atoms with Crippen LogP contribution in [0.1, 0.15) is 5.56 Å². The summed E-state index contributed by atoms with van der Waals surface area (Å²) in [6.45, 7) is 2.42. The number of sulfonamides is 1. The van der Waals surface area contributed by atoms with Gasteiger partial charge in [-0.1, -0.05) is 11.6 Å². The topological polar surface area (TPSA) is 55.4 Å². The SMILES string of the molecule is Cc1cc(OCCNS(C)(=O)=O)ccc1Cl. The van der Waals surface area contributed by atoms with Gasteiger partial charge in [0.1, 0.15) is 12.4 Å². The predicted octanol–water partition coefficient (Wildman–Crippen LogP) is 1.58. The van der Waals surface area contributed by atoms with Gasteiger partial charge in [-0.25, -0.2) is 13.1 Å². The number of hydrogen-bond donors (Lipinski definition) is 1. The molecule has 16 heavy (non-hydrogen) atoms. The molecule has 0 radical (unpaired) electrons. The fourth-order valence-electron chi connectivity index (χ4n) is 1.10. The number of nitrogens with one attached hydrogen (secondary N) is 1. The molecule has 1 rings (SSSR count). The highest BCUT2D eigenvalue weighted by Crippen LogP contribution is 2.20. The van der Waals surface area contributed by atoms with E-state index in [9.17, 15) is 8.42 Å². The van der Waals surface area contributed by atoms with Gasteiger partial charge in [-0.15, -0.1) is 0 Å². The zero-order chi connectivity index (χ0) is 12.2. The van der Waals surface area contributed by atoms with Crippen molar-refractivity contribution in [1.82, 2.24) is 4.72 Å². The van der Waals surface area contributed by atoms with Crippen LogP contribution in [-0.2, 0) is 10.0 Å². The highest BCUT2D eigenvalue weighted by Gasteiger charge is 2.01. The van der Waals surface area contributed by atoms with Gasteiger partial charge in [-0.2, -0.15) is 0 Å². The fourth-order valence-corrected chi connectivity index (χ4v) is 1.67. The van der Waals surface area contributed by atoms with Crippen LogP contribution in [-0.4, -0.2) is 27.8 Å². The Morgan fingerprint density at radius 2 is 2.12 bits per heavy atom. The number of rotatable bonds is 5. The van der Waals surface area contributed by atoms with E-state index in [-0.39, 0.29) is 13.2 Å². The lowest BCUT2D eigenvalue weighted by Crippen LogP contribution is -2.26. The van der Waals surface area contributed by atoms with E-state index in [1.54, 1.807) is 12.1 Å². The summed E-state index contributed by atoms with van der Waals surface area (Å²) in [5, 5.41) is 0.682. The average molecular weight is 264 g/mol. The van der Waals surface area contributed by atoms with Crippen molar-refractivity contribution in [2.75, 3.05) is 19.4 Å². The Labute approximate surface area is 101 Å². The van der Waals surface area contributed by atoms with Gasteiger partial charge in [-0.3, -0.25) is 0 Å². The summed E-state index contributed by atoms with van der Waals surface area (Å²) in [4.78, 5) is 0. The molecule has 0 saturated carbocycles. The zero-order valence-corrected chi connectivity index (χ0v) is 10.7. The van der Waals surface area contributed by atoms with Crippen LogP contribution >= 0.6 is 11.6 Å². The maximum Gasteiger partial charge on any atom is 0.208 e. The summed E-state index contributed by atoms with van der Waals surface area (Å²) in [5.74, 6) is 0.678. The molecule has 0 spiro atoms. The van der Waals surface area contributed by atoms with Crippen LogP contribution in [0.25, 0.3) is 0 Å². The van der Waals surface area contributed by atoms with Crippen molar-refractivity contribution in [2.24, 2.45) is 0 Å². The molecule has 0 unspecified atom stereocenters. The van der Waals surface area contributed by atoms with Gasteiger partial charge in [0.05, 0.1) is 6.26 Å². The van der Waals surface area contributed by atoms with Gasteiger partial charge in [0.15, 0.2) is 0 Å². The molecule has 0 aliphatic heterocycles. The molecule has 0 aliphatic rings. The lowest BCUT2D eigenvalue weighted by molar-refractivity contribution is 0.323. The molecule has 0 atom stereocenters. The van der Waals surface area contributed by atoms with Crippen molar-refractivity contribution in [3.8, 4) is 5.75 Å². The van der Waals surface area contributed by atoms with E-state index < -0.39 is 10.0 Å². The quantitative estimate of drug-likeness (QED) is 0.821. The molecular formula is C10H14ClNO3S. The molecule has 6 heteroatoms. The predicted molar refractivity (Wildman–Crippen MR) is 64.5 cm³/mol. The van der Waals surface area contributed by atoms with Crippen LogP contribution in [0.15, 0.2) is 18.2 Å². The zero-order valence-electron chi connectivity index (χ0n) is 9.16. The molecule has 1 aromatic carbocycles. The minimum atomic E-state index is -3.14. The third-order valence-corrected chi connectivity index (χ3v) is 3.02. The van der Waals surface area contributed by atoms with Crippen molar-refractivity contribution in [3.05, 3.63) is 28.8 Å². The maximum atomic E-state index is 10.8. The van der Waals surface area contributed by atoms with Crippen LogP contribution in [0.2, 0.25) is 5.02 Å². The maximum absolute atomic E-state index is 10.8. The number of benzene rings is 1. The third-order valence-electron chi connectivity index (χ3n) is 1.86. The van der Waals surface area contributed by atoms with E-state index in [2.05, 4.69) is 4.72 Å². The van der Waals surface area contributed by atoms with Crippen LogP contribution in [0.4, 0.5) is 0 Å². The van der Waals surface area contributed by atoms with Crippen molar-refractivity contribution < 1.29 is 13.2 Å². The first-order valence-corrected chi connectivity index (χ1v) is 6.99. The first-order valence-electron chi connectivity index (χ1n) is 4.72. The largest absolute Gasteiger partial charge is 0.492 e. The first-order chi connectivity index (χ1) is 7.38. The molecule has 0 aliphatic carbocycles. The van der Waals surface area contributed by atoms with E-state index in [4.69, 9.17) is 16.3 Å². The molecular weight excluding hydrogens is 250 g/mol. The van der Waals surface area contributed by atoms with Gasteiger partial charge in [-0.05, 0) is 30.7 Å². The minimum Gasteiger partial charge on any atom is -0.492 e. The van der Waals surface area contributed by atoms with E-state index in [1.807, 2.05) is 13.0 Å². The summed E-state index contributed by atoms with van der Waals surface area (Å²) >= 11 is 5.85. The number of aryl methyl sites for hydroxylation is 1. The second-order valence-electron chi connectivity index (χ2n) is 3.43. The Kier molecular flexibility index (Phi) is 4.58. The molecule has 0 heterocycles. The number of halogens is 1.